The highest BCUT2D eigenvalue weighted by atomic mass is 16.2. The van der Waals surface area contributed by atoms with Gasteiger partial charge < -0.3 is 5.73 Å². The first-order valence-electron chi connectivity index (χ1n) is 5.56. The molecule has 7 nitrogen and oxygen atoms in total. The molecule has 0 aliphatic carbocycles. The molecule has 0 aliphatic heterocycles. The van der Waals surface area contributed by atoms with Crippen LogP contribution in [0.3, 0.4) is 0 Å². The van der Waals surface area contributed by atoms with E-state index >= 15 is 0 Å². The third-order valence-electron chi connectivity index (χ3n) is 2.52. The van der Waals surface area contributed by atoms with Crippen LogP contribution in [0.4, 0.5) is 5.82 Å². The monoisotopic (exact) mass is 248 g/mol. The van der Waals surface area contributed by atoms with Crippen LogP contribution in [0, 0.1) is 0 Å². The molecule has 2 N–H and O–H groups in total. The zero-order chi connectivity index (χ0) is 13.5. The minimum Gasteiger partial charge on any atom is -0.383 e. The van der Waals surface area contributed by atoms with Crippen molar-refractivity contribution >= 4 is 11.7 Å². The smallest absolute Gasteiger partial charge is 0.302 e. The second kappa shape index (κ2) is 3.94. The Morgan fingerprint density at radius 1 is 1.39 bits per heavy atom. The fourth-order valence-electron chi connectivity index (χ4n) is 1.48. The average molecular weight is 248 g/mol. The Bertz CT molecular complexity index is 589. The molecule has 0 spiro atoms. The van der Waals surface area contributed by atoms with Crippen LogP contribution >= 0.6 is 0 Å². The first-order valence-corrected chi connectivity index (χ1v) is 5.56. The van der Waals surface area contributed by atoms with Crippen molar-refractivity contribution in [2.75, 3.05) is 5.73 Å². The van der Waals surface area contributed by atoms with Crippen LogP contribution in [0.5, 0.6) is 0 Å². The second-order valence-electron chi connectivity index (χ2n) is 5.20. The molecule has 2 aromatic rings. The van der Waals surface area contributed by atoms with Gasteiger partial charge in [0.05, 0.1) is 11.9 Å². The lowest BCUT2D eigenvalue weighted by atomic mass is 9.92. The van der Waals surface area contributed by atoms with Crippen molar-refractivity contribution in [3.05, 3.63) is 23.7 Å². The van der Waals surface area contributed by atoms with Crippen LogP contribution in [0.25, 0.3) is 0 Å². The highest BCUT2D eigenvalue weighted by Gasteiger charge is 2.23. The highest BCUT2D eigenvalue weighted by molar-refractivity contribution is 5.94. The van der Waals surface area contributed by atoms with Gasteiger partial charge in [-0.2, -0.15) is 9.78 Å². The fourth-order valence-corrected chi connectivity index (χ4v) is 1.48. The topological polar surface area (TPSA) is 91.6 Å². The molecule has 2 aromatic heterocycles. The first-order chi connectivity index (χ1) is 8.29. The summed E-state index contributed by atoms with van der Waals surface area (Å²) in [7, 11) is 1.69. The SMILES string of the molecule is Cn1cc(C(=O)n2nc(C(C)(C)C)cc2N)nn1. The third-order valence-corrected chi connectivity index (χ3v) is 2.52. The summed E-state index contributed by atoms with van der Waals surface area (Å²) in [5.41, 5.74) is 6.62. The molecule has 0 aliphatic rings. The van der Waals surface area contributed by atoms with E-state index in [2.05, 4.69) is 15.4 Å². The number of carbonyl (C=O) groups excluding carboxylic acids is 1. The zero-order valence-corrected chi connectivity index (χ0v) is 10.9. The third kappa shape index (κ3) is 2.11. The van der Waals surface area contributed by atoms with Crippen LogP contribution in [-0.2, 0) is 12.5 Å². The Morgan fingerprint density at radius 3 is 2.50 bits per heavy atom. The van der Waals surface area contributed by atoms with Gasteiger partial charge in [-0.3, -0.25) is 9.48 Å². The van der Waals surface area contributed by atoms with E-state index in [1.54, 1.807) is 13.1 Å². The minimum atomic E-state index is -0.379. The average Bonchev–Trinajstić information content (AvgIpc) is 2.83. The summed E-state index contributed by atoms with van der Waals surface area (Å²) < 4.78 is 2.61. The van der Waals surface area contributed by atoms with E-state index in [4.69, 9.17) is 5.73 Å². The summed E-state index contributed by atoms with van der Waals surface area (Å²) >= 11 is 0. The van der Waals surface area contributed by atoms with Crippen molar-refractivity contribution in [1.82, 2.24) is 24.8 Å². The second-order valence-corrected chi connectivity index (χ2v) is 5.20. The number of aromatic nitrogens is 5. The molecule has 0 fully saturated rings. The van der Waals surface area contributed by atoms with Gasteiger partial charge in [0.2, 0.25) is 0 Å². The molecule has 2 rings (SSSR count). The number of nitrogens with two attached hydrogens (primary N) is 1. The Labute approximate surface area is 105 Å². The lowest BCUT2D eigenvalue weighted by Crippen LogP contribution is -2.18. The Balaban J connectivity index is 2.40. The van der Waals surface area contributed by atoms with E-state index in [0.29, 0.717) is 5.82 Å². The van der Waals surface area contributed by atoms with Crippen molar-refractivity contribution in [2.45, 2.75) is 26.2 Å². The van der Waals surface area contributed by atoms with Crippen LogP contribution < -0.4 is 5.73 Å². The minimum absolute atomic E-state index is 0.165. The summed E-state index contributed by atoms with van der Waals surface area (Å²) in [4.78, 5) is 12.1. The summed E-state index contributed by atoms with van der Waals surface area (Å²) in [6.45, 7) is 6.02. The zero-order valence-electron chi connectivity index (χ0n) is 10.9. The molecule has 0 amide bonds. The predicted molar refractivity (Wildman–Crippen MR) is 66.1 cm³/mol. The molecule has 0 aromatic carbocycles. The molecule has 7 heteroatoms. The lowest BCUT2D eigenvalue weighted by Gasteiger charge is -2.13. The standard InChI is InChI=1S/C11H16N6O/c1-11(2,3)8-5-9(12)17(14-8)10(18)7-6-16(4)15-13-7/h5-6H,12H2,1-4H3. The predicted octanol–water partition coefficient (Wildman–Crippen LogP) is 0.580. The maximum absolute atomic E-state index is 12.1. The van der Waals surface area contributed by atoms with E-state index in [1.807, 2.05) is 20.8 Å². The first kappa shape index (κ1) is 12.3. The van der Waals surface area contributed by atoms with Gasteiger partial charge in [-0.25, -0.2) is 0 Å². The van der Waals surface area contributed by atoms with Gasteiger partial charge in [-0.05, 0) is 0 Å². The molecule has 0 unspecified atom stereocenters. The molecular weight excluding hydrogens is 232 g/mol. The largest absolute Gasteiger partial charge is 0.383 e. The van der Waals surface area contributed by atoms with Gasteiger partial charge in [-0.1, -0.05) is 26.0 Å². The van der Waals surface area contributed by atoms with Crippen molar-refractivity contribution in [2.24, 2.45) is 7.05 Å². The number of hydrogen-bond donors (Lipinski definition) is 1. The van der Waals surface area contributed by atoms with E-state index in [-0.39, 0.29) is 17.0 Å². The number of anilines is 1. The van der Waals surface area contributed by atoms with Crippen molar-refractivity contribution in [3.63, 3.8) is 0 Å². The fraction of sp³-hybridized carbons (Fsp3) is 0.455. The summed E-state index contributed by atoms with van der Waals surface area (Å²) in [6.07, 6.45) is 1.53. The Hall–Kier alpha value is -2.18. The van der Waals surface area contributed by atoms with E-state index in [1.165, 1.54) is 10.9 Å². The molecule has 0 atom stereocenters. The highest BCUT2D eigenvalue weighted by Crippen LogP contribution is 2.22. The number of carbonyl (C=O) groups is 1. The van der Waals surface area contributed by atoms with Crippen molar-refractivity contribution in [3.8, 4) is 0 Å². The summed E-state index contributed by atoms with van der Waals surface area (Å²) in [5.74, 6) is -0.0771. The normalized spacial score (nSPS) is 11.8. The molecule has 96 valence electrons. The number of aryl methyl sites for hydroxylation is 1. The van der Waals surface area contributed by atoms with Crippen molar-refractivity contribution < 1.29 is 4.79 Å². The van der Waals surface area contributed by atoms with Crippen LogP contribution in [0.1, 0.15) is 37.0 Å². The number of hydrogen-bond acceptors (Lipinski definition) is 5. The Kier molecular flexibility index (Phi) is 2.68. The molecule has 0 saturated carbocycles. The quantitative estimate of drug-likeness (QED) is 0.797. The van der Waals surface area contributed by atoms with Gasteiger partial charge in [0.25, 0.3) is 0 Å². The summed E-state index contributed by atoms with van der Waals surface area (Å²) in [5, 5.41) is 11.7. The van der Waals surface area contributed by atoms with Crippen LogP contribution in [-0.4, -0.2) is 30.7 Å². The van der Waals surface area contributed by atoms with Crippen molar-refractivity contribution in [1.29, 1.82) is 0 Å². The van der Waals surface area contributed by atoms with Crippen LogP contribution in [0.15, 0.2) is 12.3 Å². The number of nitrogen functional groups attached to an aromatic ring is 1. The van der Waals surface area contributed by atoms with Crippen LogP contribution in [0.2, 0.25) is 0 Å². The van der Waals surface area contributed by atoms with E-state index in [0.717, 1.165) is 10.4 Å². The molecule has 0 bridgehead atoms. The maximum Gasteiger partial charge on any atom is 0.302 e. The van der Waals surface area contributed by atoms with Gasteiger partial charge in [0, 0.05) is 18.5 Å². The summed E-state index contributed by atoms with van der Waals surface area (Å²) in [6, 6.07) is 1.70. The molecule has 2 heterocycles. The van der Waals surface area contributed by atoms with Gasteiger partial charge in [0.1, 0.15) is 5.82 Å². The number of nitrogens with zero attached hydrogens (tertiary/aromatic N) is 5. The Morgan fingerprint density at radius 2 is 2.06 bits per heavy atom. The van der Waals surface area contributed by atoms with E-state index in [9.17, 15) is 4.79 Å². The van der Waals surface area contributed by atoms with Gasteiger partial charge in [-0.15, -0.1) is 5.10 Å². The van der Waals surface area contributed by atoms with Gasteiger partial charge in [0.15, 0.2) is 5.69 Å². The molecule has 18 heavy (non-hydrogen) atoms. The van der Waals surface area contributed by atoms with E-state index < -0.39 is 0 Å². The maximum atomic E-state index is 12.1. The molecule has 0 radical (unpaired) electrons. The van der Waals surface area contributed by atoms with Gasteiger partial charge >= 0.3 is 5.91 Å². The molecule has 0 saturated heterocycles. The number of rotatable bonds is 1. The molecular formula is C11H16N6O. The lowest BCUT2D eigenvalue weighted by molar-refractivity contribution is 0.0942.